The molecule has 4 heteroatoms. The maximum absolute atomic E-state index is 12.3. The lowest BCUT2D eigenvalue weighted by Crippen LogP contribution is -2.50. The normalized spacial score (nSPS) is 17.8. The summed E-state index contributed by atoms with van der Waals surface area (Å²) in [6.07, 6.45) is 0. The highest BCUT2D eigenvalue weighted by Crippen LogP contribution is 2.06. The van der Waals surface area contributed by atoms with Gasteiger partial charge in [0.15, 0.2) is 0 Å². The van der Waals surface area contributed by atoms with E-state index in [2.05, 4.69) is 37.9 Å². The van der Waals surface area contributed by atoms with Gasteiger partial charge in [-0.05, 0) is 19.8 Å². The van der Waals surface area contributed by atoms with E-state index in [1.54, 1.807) is 0 Å². The molecule has 1 saturated heterocycles. The average Bonchev–Trinajstić information content (AvgIpc) is 2.26. The number of hydrogen-bond acceptors (Lipinski definition) is 3. The molecular weight excluding hydrogens is 214 g/mol. The summed E-state index contributed by atoms with van der Waals surface area (Å²) in [4.78, 5) is 16.5. The van der Waals surface area contributed by atoms with E-state index in [9.17, 15) is 4.79 Å². The summed E-state index contributed by atoms with van der Waals surface area (Å²) in [6.45, 7) is 13.9. The first kappa shape index (κ1) is 14.5. The van der Waals surface area contributed by atoms with Crippen molar-refractivity contribution >= 4 is 5.91 Å². The Hall–Kier alpha value is -0.610. The Morgan fingerprint density at radius 2 is 1.82 bits per heavy atom. The van der Waals surface area contributed by atoms with Crippen molar-refractivity contribution in [3.63, 3.8) is 0 Å². The van der Waals surface area contributed by atoms with E-state index in [1.165, 1.54) is 0 Å². The highest BCUT2D eigenvalue weighted by molar-refractivity contribution is 5.78. The van der Waals surface area contributed by atoms with E-state index >= 15 is 0 Å². The lowest BCUT2D eigenvalue weighted by Gasteiger charge is -2.33. The minimum absolute atomic E-state index is 0.274. The second kappa shape index (κ2) is 6.97. The quantitative estimate of drug-likeness (QED) is 0.773. The van der Waals surface area contributed by atoms with Crippen LogP contribution in [0.25, 0.3) is 0 Å². The number of carbonyl (C=O) groups excluding carboxylic acids is 1. The molecule has 17 heavy (non-hydrogen) atoms. The number of nitrogens with one attached hydrogen (secondary N) is 1. The van der Waals surface area contributed by atoms with Crippen LogP contribution in [0.1, 0.15) is 27.7 Å². The molecule has 0 aliphatic carbocycles. The predicted octanol–water partition coefficient (Wildman–Crippen LogP) is 0.785. The third-order valence-electron chi connectivity index (χ3n) is 3.07. The molecule has 1 N–H and O–H groups in total. The van der Waals surface area contributed by atoms with Gasteiger partial charge in [-0.1, -0.05) is 13.8 Å². The molecule has 0 aromatic heterocycles. The van der Waals surface area contributed by atoms with Gasteiger partial charge in [0.2, 0.25) is 5.91 Å². The summed E-state index contributed by atoms with van der Waals surface area (Å²) >= 11 is 0. The van der Waals surface area contributed by atoms with E-state index in [0.29, 0.717) is 18.5 Å². The van der Waals surface area contributed by atoms with Crippen LogP contribution in [0.4, 0.5) is 0 Å². The van der Waals surface area contributed by atoms with Crippen LogP contribution >= 0.6 is 0 Å². The molecule has 1 heterocycles. The summed E-state index contributed by atoms with van der Waals surface area (Å²) in [5, 5.41) is 3.31. The monoisotopic (exact) mass is 241 g/mol. The topological polar surface area (TPSA) is 35.6 Å². The van der Waals surface area contributed by atoms with E-state index in [-0.39, 0.29) is 5.91 Å². The molecule has 4 nitrogen and oxygen atoms in total. The molecule has 0 aromatic carbocycles. The Morgan fingerprint density at radius 3 is 2.29 bits per heavy atom. The molecule has 0 spiro atoms. The van der Waals surface area contributed by atoms with Gasteiger partial charge in [-0.15, -0.1) is 0 Å². The van der Waals surface area contributed by atoms with Crippen LogP contribution in [0.15, 0.2) is 0 Å². The number of rotatable bonds is 5. The van der Waals surface area contributed by atoms with Crippen LogP contribution in [-0.4, -0.2) is 61.0 Å². The van der Waals surface area contributed by atoms with Gasteiger partial charge in [0, 0.05) is 38.8 Å². The highest BCUT2D eigenvalue weighted by Gasteiger charge is 2.21. The third kappa shape index (κ3) is 5.04. The van der Waals surface area contributed by atoms with Gasteiger partial charge in [0.05, 0.1) is 6.54 Å². The predicted molar refractivity (Wildman–Crippen MR) is 71.0 cm³/mol. The van der Waals surface area contributed by atoms with Crippen LogP contribution in [0.3, 0.4) is 0 Å². The van der Waals surface area contributed by atoms with Crippen molar-refractivity contribution in [2.75, 3.05) is 39.3 Å². The summed E-state index contributed by atoms with van der Waals surface area (Å²) in [5.74, 6) is 0.806. The van der Waals surface area contributed by atoms with Gasteiger partial charge in [0.25, 0.3) is 0 Å². The largest absolute Gasteiger partial charge is 0.339 e. The number of hydrogen-bond donors (Lipinski definition) is 1. The molecule has 0 atom stereocenters. The second-order valence-corrected chi connectivity index (χ2v) is 5.56. The van der Waals surface area contributed by atoms with Gasteiger partial charge in [-0.3, -0.25) is 9.69 Å². The number of piperazine rings is 1. The molecule has 100 valence electrons. The van der Waals surface area contributed by atoms with E-state index < -0.39 is 0 Å². The Kier molecular flexibility index (Phi) is 5.92. The Morgan fingerprint density at radius 1 is 1.24 bits per heavy atom. The van der Waals surface area contributed by atoms with Gasteiger partial charge >= 0.3 is 0 Å². The van der Waals surface area contributed by atoms with Crippen molar-refractivity contribution in [3.05, 3.63) is 0 Å². The van der Waals surface area contributed by atoms with E-state index in [1.807, 2.05) is 4.90 Å². The molecule has 1 aliphatic rings. The fraction of sp³-hybridized carbons (Fsp3) is 0.923. The first-order valence-corrected chi connectivity index (χ1v) is 6.73. The van der Waals surface area contributed by atoms with Crippen LogP contribution in [0.2, 0.25) is 0 Å². The van der Waals surface area contributed by atoms with Gasteiger partial charge in [-0.2, -0.15) is 0 Å². The fourth-order valence-corrected chi connectivity index (χ4v) is 2.15. The number of nitrogens with zero attached hydrogens (tertiary/aromatic N) is 2. The maximum Gasteiger partial charge on any atom is 0.236 e. The van der Waals surface area contributed by atoms with Crippen molar-refractivity contribution in [2.24, 2.45) is 5.92 Å². The van der Waals surface area contributed by atoms with E-state index in [0.717, 1.165) is 32.7 Å². The smallest absolute Gasteiger partial charge is 0.236 e. The van der Waals surface area contributed by atoms with E-state index in [4.69, 9.17) is 0 Å². The molecule has 1 rings (SSSR count). The SMILES string of the molecule is CC(C)CN(C(=O)CN1CCNCC1)C(C)C. The number of amides is 1. The summed E-state index contributed by atoms with van der Waals surface area (Å²) < 4.78 is 0. The van der Waals surface area contributed by atoms with Crippen molar-refractivity contribution in [1.29, 1.82) is 0 Å². The van der Waals surface area contributed by atoms with Crippen LogP contribution in [0, 0.1) is 5.92 Å². The Labute approximate surface area is 105 Å². The summed E-state index contributed by atoms with van der Waals surface area (Å²) in [6, 6.07) is 0.299. The fourth-order valence-electron chi connectivity index (χ4n) is 2.15. The second-order valence-electron chi connectivity index (χ2n) is 5.56. The minimum Gasteiger partial charge on any atom is -0.339 e. The lowest BCUT2D eigenvalue weighted by atomic mass is 10.1. The summed E-state index contributed by atoms with van der Waals surface area (Å²) in [5.41, 5.74) is 0. The van der Waals surface area contributed by atoms with Gasteiger partial charge in [0.1, 0.15) is 0 Å². The minimum atomic E-state index is 0.274. The Balaban J connectivity index is 2.46. The van der Waals surface area contributed by atoms with Gasteiger partial charge < -0.3 is 10.2 Å². The highest BCUT2D eigenvalue weighted by atomic mass is 16.2. The first-order valence-electron chi connectivity index (χ1n) is 6.73. The maximum atomic E-state index is 12.3. The molecule has 1 aliphatic heterocycles. The number of carbonyl (C=O) groups is 1. The van der Waals surface area contributed by atoms with Crippen LogP contribution < -0.4 is 5.32 Å². The zero-order chi connectivity index (χ0) is 12.8. The zero-order valence-corrected chi connectivity index (χ0v) is 11.7. The molecule has 0 saturated carbocycles. The Bertz CT molecular complexity index is 235. The first-order chi connectivity index (χ1) is 8.00. The van der Waals surface area contributed by atoms with Crippen molar-refractivity contribution in [2.45, 2.75) is 33.7 Å². The van der Waals surface area contributed by atoms with Crippen molar-refractivity contribution in [1.82, 2.24) is 15.1 Å². The molecule has 0 radical (unpaired) electrons. The molecule has 1 fully saturated rings. The molecular formula is C13H27N3O. The molecule has 0 bridgehead atoms. The summed E-state index contributed by atoms with van der Waals surface area (Å²) in [7, 11) is 0. The standard InChI is InChI=1S/C13H27N3O/c1-11(2)9-16(12(3)4)13(17)10-15-7-5-14-6-8-15/h11-12,14H,5-10H2,1-4H3. The zero-order valence-electron chi connectivity index (χ0n) is 11.7. The van der Waals surface area contributed by atoms with Crippen LogP contribution in [-0.2, 0) is 4.79 Å². The molecule has 1 amide bonds. The van der Waals surface area contributed by atoms with Crippen molar-refractivity contribution < 1.29 is 4.79 Å². The molecule has 0 aromatic rings. The van der Waals surface area contributed by atoms with Crippen LogP contribution in [0.5, 0.6) is 0 Å². The molecule has 0 unspecified atom stereocenters. The van der Waals surface area contributed by atoms with Gasteiger partial charge in [-0.25, -0.2) is 0 Å². The average molecular weight is 241 g/mol. The lowest BCUT2D eigenvalue weighted by molar-refractivity contribution is -0.134. The third-order valence-corrected chi connectivity index (χ3v) is 3.07. The van der Waals surface area contributed by atoms with Crippen molar-refractivity contribution in [3.8, 4) is 0 Å².